The van der Waals surface area contributed by atoms with Gasteiger partial charge in [0.05, 0.1) is 23.6 Å². The third kappa shape index (κ3) is 4.05. The van der Waals surface area contributed by atoms with Crippen molar-refractivity contribution in [3.05, 3.63) is 60.2 Å². The summed E-state index contributed by atoms with van der Waals surface area (Å²) in [5.41, 5.74) is 2.47. The molecule has 0 radical (unpaired) electrons. The minimum absolute atomic E-state index is 0.128. The van der Waals surface area contributed by atoms with Crippen LogP contribution < -0.4 is 5.32 Å². The molecule has 2 heterocycles. The van der Waals surface area contributed by atoms with E-state index >= 15 is 0 Å². The fraction of sp³-hybridized carbons (Fsp3) is 0.263. The van der Waals surface area contributed by atoms with Gasteiger partial charge in [0.2, 0.25) is 0 Å². The predicted octanol–water partition coefficient (Wildman–Crippen LogP) is 2.46. The predicted molar refractivity (Wildman–Crippen MR) is 96.2 cm³/mol. The lowest BCUT2D eigenvalue weighted by Gasteiger charge is -2.20. The number of carbonyl (C=O) groups excluding carboxylic acids is 2. The number of ether oxygens (including phenoxy) is 1. The van der Waals surface area contributed by atoms with Crippen LogP contribution >= 0.6 is 0 Å². The molecule has 3 aromatic rings. The molecule has 7 heteroatoms. The van der Waals surface area contributed by atoms with Crippen molar-refractivity contribution in [1.29, 1.82) is 0 Å². The van der Waals surface area contributed by atoms with Gasteiger partial charge in [-0.05, 0) is 17.5 Å². The van der Waals surface area contributed by atoms with E-state index in [2.05, 4.69) is 20.3 Å². The average Bonchev–Trinajstić information content (AvgIpc) is 3.12. The number of rotatable bonds is 6. The fourth-order valence-electron chi connectivity index (χ4n) is 2.49. The number of aromatic amines is 1. The topological polar surface area (TPSA) is 97.0 Å². The molecule has 0 unspecified atom stereocenters. The monoisotopic (exact) mass is 352 g/mol. The first-order valence-corrected chi connectivity index (χ1v) is 8.35. The first kappa shape index (κ1) is 17.6. The summed E-state index contributed by atoms with van der Waals surface area (Å²) in [7, 11) is 0. The minimum atomic E-state index is -0.761. The summed E-state index contributed by atoms with van der Waals surface area (Å²) in [6.07, 6.45) is 3.07. The number of amides is 1. The highest BCUT2D eigenvalue weighted by Crippen LogP contribution is 2.11. The molecule has 0 fully saturated rings. The van der Waals surface area contributed by atoms with Crippen LogP contribution in [0.5, 0.6) is 0 Å². The van der Waals surface area contributed by atoms with Crippen molar-refractivity contribution in [1.82, 2.24) is 20.3 Å². The van der Waals surface area contributed by atoms with Gasteiger partial charge in [0.15, 0.2) is 0 Å². The average molecular weight is 352 g/mol. The minimum Gasteiger partial charge on any atom is -0.459 e. The van der Waals surface area contributed by atoms with E-state index in [-0.39, 0.29) is 18.2 Å². The Balaban J connectivity index is 1.66. The molecule has 3 rings (SSSR count). The van der Waals surface area contributed by atoms with Crippen LogP contribution in [0.1, 0.15) is 29.9 Å². The molecule has 0 spiro atoms. The third-order valence-electron chi connectivity index (χ3n) is 3.97. The molecule has 0 saturated carbocycles. The lowest BCUT2D eigenvalue weighted by Crippen LogP contribution is -2.45. The van der Waals surface area contributed by atoms with Gasteiger partial charge in [-0.15, -0.1) is 0 Å². The molecule has 1 amide bonds. The standard InChI is InChI=1S/C19H20N4O3/c1-12(2)17(19(25)26-10-13-6-4-3-5-7-13)23-18(24)15-8-14-16(9-20-15)22-11-21-14/h3-9,11-12,17H,10H2,1-2H3,(H,21,22)(H,23,24)/t17-/m0/s1. The number of nitrogens with zero attached hydrogens (tertiary/aromatic N) is 2. The summed E-state index contributed by atoms with van der Waals surface area (Å²) in [6, 6.07) is 10.2. The summed E-state index contributed by atoms with van der Waals surface area (Å²) < 4.78 is 5.35. The first-order valence-electron chi connectivity index (χ1n) is 8.35. The lowest BCUT2D eigenvalue weighted by molar-refractivity contribution is -0.148. The van der Waals surface area contributed by atoms with Gasteiger partial charge in [-0.25, -0.2) is 14.8 Å². The van der Waals surface area contributed by atoms with E-state index in [1.807, 2.05) is 44.2 Å². The highest BCUT2D eigenvalue weighted by molar-refractivity contribution is 5.97. The van der Waals surface area contributed by atoms with E-state index in [0.29, 0.717) is 5.52 Å². The number of aromatic nitrogens is 3. The van der Waals surface area contributed by atoms with Crippen LogP contribution in [-0.4, -0.2) is 32.9 Å². The third-order valence-corrected chi connectivity index (χ3v) is 3.97. The van der Waals surface area contributed by atoms with Gasteiger partial charge in [-0.1, -0.05) is 44.2 Å². The number of benzene rings is 1. The number of pyridine rings is 1. The van der Waals surface area contributed by atoms with Gasteiger partial charge in [0.1, 0.15) is 18.3 Å². The maximum absolute atomic E-state index is 12.5. The molecule has 7 nitrogen and oxygen atoms in total. The van der Waals surface area contributed by atoms with Gasteiger partial charge in [0.25, 0.3) is 5.91 Å². The highest BCUT2D eigenvalue weighted by atomic mass is 16.5. The van der Waals surface area contributed by atoms with Crippen molar-refractivity contribution in [2.24, 2.45) is 5.92 Å². The number of nitrogens with one attached hydrogen (secondary N) is 2. The van der Waals surface area contributed by atoms with Gasteiger partial charge in [-0.2, -0.15) is 0 Å². The Hall–Kier alpha value is -3.22. The molecular weight excluding hydrogens is 332 g/mol. The second-order valence-corrected chi connectivity index (χ2v) is 6.28. The highest BCUT2D eigenvalue weighted by Gasteiger charge is 2.26. The molecule has 1 aromatic carbocycles. The molecule has 0 aliphatic heterocycles. The van der Waals surface area contributed by atoms with Gasteiger partial charge >= 0.3 is 5.97 Å². The van der Waals surface area contributed by atoms with E-state index in [9.17, 15) is 9.59 Å². The van der Waals surface area contributed by atoms with Crippen LogP contribution in [0.3, 0.4) is 0 Å². The molecule has 0 aliphatic carbocycles. The summed E-state index contributed by atoms with van der Waals surface area (Å²) in [4.78, 5) is 36.0. The number of esters is 1. The molecule has 0 bridgehead atoms. The number of carbonyl (C=O) groups is 2. The van der Waals surface area contributed by atoms with Gasteiger partial charge < -0.3 is 15.0 Å². The largest absolute Gasteiger partial charge is 0.459 e. The maximum Gasteiger partial charge on any atom is 0.329 e. The quantitative estimate of drug-likeness (QED) is 0.664. The molecule has 2 aromatic heterocycles. The van der Waals surface area contributed by atoms with Crippen molar-refractivity contribution in [3.63, 3.8) is 0 Å². The molecule has 0 aliphatic rings. The SMILES string of the molecule is CC(C)[C@H](NC(=O)c1cc2nc[nH]c2cn1)C(=O)OCc1ccccc1. The summed E-state index contributed by atoms with van der Waals surface area (Å²) in [5, 5.41) is 2.71. The van der Waals surface area contributed by atoms with E-state index in [1.54, 1.807) is 6.07 Å². The second kappa shape index (κ2) is 7.77. The van der Waals surface area contributed by atoms with Crippen LogP contribution in [0.2, 0.25) is 0 Å². The Bertz CT molecular complexity index is 905. The summed E-state index contributed by atoms with van der Waals surface area (Å²) in [6.45, 7) is 3.86. The van der Waals surface area contributed by atoms with Crippen LogP contribution in [0, 0.1) is 5.92 Å². The normalized spacial score (nSPS) is 12.1. The molecule has 26 heavy (non-hydrogen) atoms. The molecule has 1 atom stereocenters. The molecule has 0 saturated heterocycles. The Morgan fingerprint density at radius 1 is 1.19 bits per heavy atom. The van der Waals surface area contributed by atoms with Gasteiger partial charge in [0, 0.05) is 0 Å². The van der Waals surface area contributed by atoms with E-state index < -0.39 is 17.9 Å². The van der Waals surface area contributed by atoms with E-state index in [1.165, 1.54) is 12.5 Å². The van der Waals surface area contributed by atoms with Gasteiger partial charge in [-0.3, -0.25) is 4.79 Å². The molecule has 134 valence electrons. The second-order valence-electron chi connectivity index (χ2n) is 6.28. The lowest BCUT2D eigenvalue weighted by atomic mass is 10.0. The van der Waals surface area contributed by atoms with Crippen molar-refractivity contribution >= 4 is 22.9 Å². The number of imidazole rings is 1. The summed E-state index contributed by atoms with van der Waals surface area (Å²) in [5.74, 6) is -1.04. The number of fused-ring (bicyclic) bond motifs is 1. The molecular formula is C19H20N4O3. The van der Waals surface area contributed by atoms with Crippen LogP contribution in [0.15, 0.2) is 48.9 Å². The van der Waals surface area contributed by atoms with Crippen LogP contribution in [-0.2, 0) is 16.1 Å². The zero-order valence-electron chi connectivity index (χ0n) is 14.6. The Morgan fingerprint density at radius 3 is 2.69 bits per heavy atom. The number of hydrogen-bond acceptors (Lipinski definition) is 5. The molecule has 2 N–H and O–H groups in total. The van der Waals surface area contributed by atoms with E-state index in [0.717, 1.165) is 11.1 Å². The van der Waals surface area contributed by atoms with Crippen LogP contribution in [0.4, 0.5) is 0 Å². The van der Waals surface area contributed by atoms with Crippen molar-refractivity contribution in [2.45, 2.75) is 26.5 Å². The van der Waals surface area contributed by atoms with Crippen LogP contribution in [0.25, 0.3) is 11.0 Å². The van der Waals surface area contributed by atoms with Crippen molar-refractivity contribution in [2.75, 3.05) is 0 Å². The smallest absolute Gasteiger partial charge is 0.329 e. The first-order chi connectivity index (χ1) is 12.5. The zero-order valence-corrected chi connectivity index (χ0v) is 14.6. The maximum atomic E-state index is 12.5. The Kier molecular flexibility index (Phi) is 5.26. The zero-order chi connectivity index (χ0) is 18.5. The number of H-pyrrole nitrogens is 1. The Labute approximate surface area is 150 Å². The van der Waals surface area contributed by atoms with Crippen molar-refractivity contribution in [3.8, 4) is 0 Å². The summed E-state index contributed by atoms with van der Waals surface area (Å²) >= 11 is 0. The number of hydrogen-bond donors (Lipinski definition) is 2. The van der Waals surface area contributed by atoms with Crippen molar-refractivity contribution < 1.29 is 14.3 Å². The Morgan fingerprint density at radius 2 is 1.96 bits per heavy atom. The van der Waals surface area contributed by atoms with E-state index in [4.69, 9.17) is 4.74 Å². The fourth-order valence-corrected chi connectivity index (χ4v) is 2.49.